The number of hydrogen-bond donors (Lipinski definition) is 0. The fraction of sp³-hybridized carbons (Fsp3) is 0.875. The standard InChI is InChI=1S/C8H15BrNO2/c1-8(2,6-9)12-7(11)4-3-5-10/h10H,3-6H2,1-2H3. The van der Waals surface area contributed by atoms with Crippen molar-refractivity contribution in [3.8, 4) is 0 Å². The Labute approximate surface area is 81.8 Å². The normalized spacial score (nSPS) is 11.3. The number of ether oxygens (including phenoxy) is 1. The van der Waals surface area contributed by atoms with Crippen molar-refractivity contribution in [3.05, 3.63) is 0 Å². The van der Waals surface area contributed by atoms with E-state index in [9.17, 15) is 4.79 Å². The van der Waals surface area contributed by atoms with Crippen LogP contribution in [0.5, 0.6) is 0 Å². The molecule has 0 aromatic rings. The molecular weight excluding hydrogens is 222 g/mol. The quantitative estimate of drug-likeness (QED) is 0.540. The maximum atomic E-state index is 11.1. The smallest absolute Gasteiger partial charge is 0.306 e. The maximum Gasteiger partial charge on any atom is 0.306 e. The van der Waals surface area contributed by atoms with Gasteiger partial charge >= 0.3 is 5.97 Å². The molecule has 0 fully saturated rings. The summed E-state index contributed by atoms with van der Waals surface area (Å²) >= 11 is 3.25. The van der Waals surface area contributed by atoms with Crippen LogP contribution in [0.25, 0.3) is 0 Å². The second-order valence-electron chi connectivity index (χ2n) is 3.22. The fourth-order valence-corrected chi connectivity index (χ4v) is 0.734. The molecule has 0 rings (SSSR count). The first-order valence-electron chi connectivity index (χ1n) is 3.94. The molecule has 4 heteroatoms. The third kappa shape index (κ3) is 5.55. The lowest BCUT2D eigenvalue weighted by Crippen LogP contribution is -2.29. The average Bonchev–Trinajstić information content (AvgIpc) is 2.00. The van der Waals surface area contributed by atoms with Gasteiger partial charge in [-0.1, -0.05) is 15.9 Å². The highest BCUT2D eigenvalue weighted by Crippen LogP contribution is 2.13. The zero-order chi connectivity index (χ0) is 9.61. The molecule has 1 radical (unpaired) electrons. The predicted molar refractivity (Wildman–Crippen MR) is 51.2 cm³/mol. The van der Waals surface area contributed by atoms with Crippen molar-refractivity contribution < 1.29 is 9.53 Å². The Hall–Kier alpha value is -0.0900. The van der Waals surface area contributed by atoms with Crippen LogP contribution in [0.3, 0.4) is 0 Å². The van der Waals surface area contributed by atoms with E-state index in [0.717, 1.165) is 0 Å². The fourth-order valence-electron chi connectivity index (χ4n) is 0.619. The lowest BCUT2D eigenvalue weighted by atomic mass is 10.2. The van der Waals surface area contributed by atoms with Gasteiger partial charge in [-0.2, -0.15) is 0 Å². The highest BCUT2D eigenvalue weighted by atomic mass is 79.9. The summed E-state index contributed by atoms with van der Waals surface area (Å²) in [5.74, 6) is -0.216. The van der Waals surface area contributed by atoms with E-state index in [1.54, 1.807) is 0 Å². The lowest BCUT2D eigenvalue weighted by Gasteiger charge is -2.22. The van der Waals surface area contributed by atoms with Gasteiger partial charge in [0.2, 0.25) is 0 Å². The molecule has 0 aliphatic carbocycles. The molecule has 71 valence electrons. The highest BCUT2D eigenvalue weighted by molar-refractivity contribution is 9.09. The molecule has 3 nitrogen and oxygen atoms in total. The van der Waals surface area contributed by atoms with E-state index in [2.05, 4.69) is 15.9 Å². The summed E-state index contributed by atoms with van der Waals surface area (Å²) in [5, 5.41) is 0.632. The summed E-state index contributed by atoms with van der Waals surface area (Å²) in [5.41, 5.74) is 6.42. The van der Waals surface area contributed by atoms with Crippen LogP contribution < -0.4 is 5.73 Å². The van der Waals surface area contributed by atoms with Crippen LogP contribution >= 0.6 is 15.9 Å². The van der Waals surface area contributed by atoms with E-state index in [-0.39, 0.29) is 12.5 Å². The number of carbonyl (C=O) groups excluding carboxylic acids is 1. The van der Waals surface area contributed by atoms with E-state index in [0.29, 0.717) is 18.2 Å². The molecule has 0 amide bonds. The van der Waals surface area contributed by atoms with Gasteiger partial charge in [-0.3, -0.25) is 10.5 Å². The van der Waals surface area contributed by atoms with Crippen molar-refractivity contribution in [3.63, 3.8) is 0 Å². The molecule has 1 N–H and O–H groups in total. The number of carbonyl (C=O) groups is 1. The molecule has 0 aliphatic heterocycles. The minimum Gasteiger partial charge on any atom is -0.459 e. The van der Waals surface area contributed by atoms with Crippen LogP contribution in [0.1, 0.15) is 26.7 Å². The van der Waals surface area contributed by atoms with Crippen LogP contribution in [-0.2, 0) is 9.53 Å². The molecule has 0 aromatic heterocycles. The van der Waals surface area contributed by atoms with Crippen molar-refractivity contribution in [2.45, 2.75) is 32.3 Å². The third-order valence-corrected chi connectivity index (χ3v) is 2.62. The molecule has 0 spiro atoms. The van der Waals surface area contributed by atoms with E-state index >= 15 is 0 Å². The molecular formula is C8H15BrNO2. The number of hydrogen-bond acceptors (Lipinski definition) is 2. The summed E-state index contributed by atoms with van der Waals surface area (Å²) in [4.78, 5) is 11.1. The Morgan fingerprint density at radius 3 is 2.58 bits per heavy atom. The zero-order valence-electron chi connectivity index (χ0n) is 7.52. The average molecular weight is 237 g/mol. The molecule has 0 atom stereocenters. The van der Waals surface area contributed by atoms with Crippen LogP contribution in [0.4, 0.5) is 0 Å². The second kappa shape index (κ2) is 5.54. The maximum absolute atomic E-state index is 11.1. The summed E-state index contributed by atoms with van der Waals surface area (Å²) < 4.78 is 5.12. The summed E-state index contributed by atoms with van der Waals surface area (Å²) in [7, 11) is 0. The largest absolute Gasteiger partial charge is 0.459 e. The van der Waals surface area contributed by atoms with Gasteiger partial charge in [0.1, 0.15) is 5.60 Å². The molecule has 0 unspecified atom stereocenters. The van der Waals surface area contributed by atoms with Gasteiger partial charge in [0.25, 0.3) is 0 Å². The first-order valence-corrected chi connectivity index (χ1v) is 5.06. The van der Waals surface area contributed by atoms with Crippen LogP contribution in [0, 0.1) is 0 Å². The Balaban J connectivity index is 3.68. The van der Waals surface area contributed by atoms with E-state index in [1.807, 2.05) is 13.8 Å². The lowest BCUT2D eigenvalue weighted by molar-refractivity contribution is -0.154. The highest BCUT2D eigenvalue weighted by Gasteiger charge is 2.20. The number of halogens is 1. The zero-order valence-corrected chi connectivity index (χ0v) is 9.11. The van der Waals surface area contributed by atoms with Crippen molar-refractivity contribution in [1.82, 2.24) is 5.73 Å². The Kier molecular flexibility index (Phi) is 5.50. The Morgan fingerprint density at radius 2 is 2.17 bits per heavy atom. The van der Waals surface area contributed by atoms with Gasteiger partial charge in [-0.05, 0) is 20.3 Å². The SMILES string of the molecule is CC(C)(CBr)OC(=O)CCC[NH]. The van der Waals surface area contributed by atoms with Gasteiger partial charge in [-0.15, -0.1) is 0 Å². The Bertz CT molecular complexity index is 148. The third-order valence-electron chi connectivity index (χ3n) is 1.27. The molecule has 0 bridgehead atoms. The molecule has 0 heterocycles. The van der Waals surface area contributed by atoms with E-state index in [1.165, 1.54) is 0 Å². The number of esters is 1. The minimum atomic E-state index is -0.431. The van der Waals surface area contributed by atoms with Crippen molar-refractivity contribution in [1.29, 1.82) is 0 Å². The summed E-state index contributed by atoms with van der Waals surface area (Å²) in [6.45, 7) is 3.98. The second-order valence-corrected chi connectivity index (χ2v) is 3.78. The van der Waals surface area contributed by atoms with Crippen LogP contribution in [-0.4, -0.2) is 23.4 Å². The summed E-state index contributed by atoms with van der Waals surface area (Å²) in [6.07, 6.45) is 0.928. The van der Waals surface area contributed by atoms with Gasteiger partial charge in [-0.25, -0.2) is 0 Å². The Morgan fingerprint density at radius 1 is 1.58 bits per heavy atom. The predicted octanol–water partition coefficient (Wildman–Crippen LogP) is 1.77. The number of alkyl halides is 1. The van der Waals surface area contributed by atoms with Gasteiger partial charge in [0.15, 0.2) is 0 Å². The number of rotatable bonds is 5. The molecule has 0 saturated carbocycles. The van der Waals surface area contributed by atoms with Crippen molar-refractivity contribution in [2.75, 3.05) is 11.9 Å². The first kappa shape index (κ1) is 11.9. The van der Waals surface area contributed by atoms with Crippen molar-refractivity contribution in [2.24, 2.45) is 0 Å². The first-order chi connectivity index (χ1) is 5.52. The van der Waals surface area contributed by atoms with Gasteiger partial charge < -0.3 is 4.74 Å². The molecule has 0 aliphatic rings. The summed E-state index contributed by atoms with van der Waals surface area (Å²) in [6, 6.07) is 0. The topological polar surface area (TPSA) is 50.1 Å². The minimum absolute atomic E-state index is 0.216. The van der Waals surface area contributed by atoms with Crippen LogP contribution in [0.2, 0.25) is 0 Å². The molecule has 0 saturated heterocycles. The van der Waals surface area contributed by atoms with E-state index in [4.69, 9.17) is 10.5 Å². The van der Waals surface area contributed by atoms with Gasteiger partial charge in [0.05, 0.1) is 0 Å². The van der Waals surface area contributed by atoms with Crippen LogP contribution in [0.15, 0.2) is 0 Å². The molecule has 0 aromatic carbocycles. The monoisotopic (exact) mass is 236 g/mol. The van der Waals surface area contributed by atoms with Crippen molar-refractivity contribution >= 4 is 21.9 Å². The number of nitrogens with one attached hydrogen (secondary N) is 1. The molecule has 12 heavy (non-hydrogen) atoms. The van der Waals surface area contributed by atoms with Gasteiger partial charge in [0, 0.05) is 18.3 Å². The van der Waals surface area contributed by atoms with E-state index < -0.39 is 5.60 Å².